The van der Waals surface area contributed by atoms with E-state index in [2.05, 4.69) is 56.0 Å². The Hall–Kier alpha value is -1.39. The molecule has 25 heavy (non-hydrogen) atoms. The molecule has 1 saturated heterocycles. The van der Waals surface area contributed by atoms with Crippen LogP contribution in [0.25, 0.3) is 19.5 Å². The van der Waals surface area contributed by atoms with Gasteiger partial charge in [-0.2, -0.15) is 0 Å². The third-order valence-corrected chi connectivity index (χ3v) is 8.34. The van der Waals surface area contributed by atoms with E-state index in [9.17, 15) is 4.79 Å². The molecule has 0 unspecified atom stereocenters. The van der Waals surface area contributed by atoms with Crippen molar-refractivity contribution in [3.05, 3.63) is 35.2 Å². The summed E-state index contributed by atoms with van der Waals surface area (Å²) in [7, 11) is 0. The Kier molecular flexibility index (Phi) is 3.21. The average Bonchev–Trinajstić information content (AvgIpc) is 3.14. The number of likely N-dealkylation sites (tertiary alicyclic amines) is 1. The fourth-order valence-corrected chi connectivity index (χ4v) is 7.92. The van der Waals surface area contributed by atoms with Gasteiger partial charge in [-0.25, -0.2) is 0 Å². The third kappa shape index (κ3) is 2.45. The molecule has 3 heterocycles. The molecule has 4 heteroatoms. The van der Waals surface area contributed by atoms with E-state index in [1.807, 2.05) is 0 Å². The molecular weight excluding hydrogens is 346 g/mol. The molecule has 2 aliphatic rings. The minimum absolute atomic E-state index is 0.254. The van der Waals surface area contributed by atoms with Gasteiger partial charge in [0.05, 0.1) is 9.58 Å². The SMILES string of the molecule is CC1(C)C[C@H]2C[C@@](C)(CN2C(=O)c2cc3sc4ccccc4c3s2)C1. The van der Waals surface area contributed by atoms with Crippen LogP contribution in [-0.4, -0.2) is 23.4 Å². The number of nitrogens with zero attached hydrogens (tertiary/aromatic N) is 1. The van der Waals surface area contributed by atoms with E-state index in [1.54, 1.807) is 22.7 Å². The molecule has 0 radical (unpaired) electrons. The van der Waals surface area contributed by atoms with Gasteiger partial charge in [0.2, 0.25) is 0 Å². The Morgan fingerprint density at radius 2 is 1.92 bits per heavy atom. The van der Waals surface area contributed by atoms with Crippen LogP contribution < -0.4 is 0 Å². The summed E-state index contributed by atoms with van der Waals surface area (Å²) < 4.78 is 3.84. The van der Waals surface area contributed by atoms with Gasteiger partial charge in [0, 0.05) is 27.4 Å². The van der Waals surface area contributed by atoms with Crippen LogP contribution in [0.5, 0.6) is 0 Å². The first-order valence-corrected chi connectivity index (χ1v) is 10.7. The summed E-state index contributed by atoms with van der Waals surface area (Å²) in [5.41, 5.74) is 0.641. The lowest BCUT2D eigenvalue weighted by Gasteiger charge is -2.39. The lowest BCUT2D eigenvalue weighted by Crippen LogP contribution is -2.37. The average molecular weight is 370 g/mol. The molecule has 1 aliphatic carbocycles. The number of hydrogen-bond acceptors (Lipinski definition) is 3. The fourth-order valence-electron chi connectivity index (χ4n) is 5.44. The van der Waals surface area contributed by atoms with Gasteiger partial charge in [-0.15, -0.1) is 22.7 Å². The summed E-state index contributed by atoms with van der Waals surface area (Å²) in [6.07, 6.45) is 3.53. The number of rotatable bonds is 1. The van der Waals surface area contributed by atoms with Crippen molar-refractivity contribution in [3.63, 3.8) is 0 Å². The summed E-state index contributed by atoms with van der Waals surface area (Å²) in [4.78, 5) is 16.4. The predicted octanol–water partition coefficient (Wildman–Crippen LogP) is 6.16. The lowest BCUT2D eigenvalue weighted by molar-refractivity contribution is 0.0713. The maximum atomic E-state index is 13.3. The molecule has 0 spiro atoms. The van der Waals surface area contributed by atoms with Gasteiger partial charge >= 0.3 is 0 Å². The first kappa shape index (κ1) is 15.8. The molecule has 2 atom stereocenters. The Morgan fingerprint density at radius 3 is 2.76 bits per heavy atom. The molecule has 1 amide bonds. The number of thiophene rings is 2. The zero-order valence-electron chi connectivity index (χ0n) is 15.0. The fraction of sp³-hybridized carbons (Fsp3) is 0.476. The van der Waals surface area contributed by atoms with E-state index < -0.39 is 0 Å². The van der Waals surface area contributed by atoms with Gasteiger partial charge in [-0.05, 0) is 42.2 Å². The number of carbonyl (C=O) groups is 1. The van der Waals surface area contributed by atoms with Crippen LogP contribution in [-0.2, 0) is 0 Å². The van der Waals surface area contributed by atoms with Crippen molar-refractivity contribution in [2.75, 3.05) is 6.54 Å². The predicted molar refractivity (Wildman–Crippen MR) is 108 cm³/mol. The van der Waals surface area contributed by atoms with E-state index in [1.165, 1.54) is 32.3 Å². The van der Waals surface area contributed by atoms with Crippen molar-refractivity contribution in [3.8, 4) is 0 Å². The van der Waals surface area contributed by atoms with Gasteiger partial charge < -0.3 is 4.90 Å². The summed E-state index contributed by atoms with van der Waals surface area (Å²) in [6.45, 7) is 8.01. The normalized spacial score (nSPS) is 28.1. The van der Waals surface area contributed by atoms with Crippen molar-refractivity contribution in [2.45, 2.75) is 46.1 Å². The monoisotopic (exact) mass is 369 g/mol. The van der Waals surface area contributed by atoms with Gasteiger partial charge in [0.15, 0.2) is 0 Å². The minimum atomic E-state index is 0.254. The Labute approximate surface area is 156 Å². The number of amides is 1. The molecule has 1 aliphatic heterocycles. The molecule has 1 saturated carbocycles. The van der Waals surface area contributed by atoms with Crippen molar-refractivity contribution >= 4 is 48.1 Å². The zero-order valence-corrected chi connectivity index (χ0v) is 16.6. The molecule has 2 fully saturated rings. The van der Waals surface area contributed by atoms with Crippen molar-refractivity contribution in [1.29, 1.82) is 0 Å². The smallest absolute Gasteiger partial charge is 0.264 e. The summed E-state index contributed by atoms with van der Waals surface area (Å²) >= 11 is 3.48. The highest BCUT2D eigenvalue weighted by Gasteiger charge is 2.51. The Balaban J connectivity index is 1.51. The van der Waals surface area contributed by atoms with E-state index in [0.29, 0.717) is 16.9 Å². The summed E-state index contributed by atoms with van der Waals surface area (Å²) in [5.74, 6) is 0.254. The van der Waals surface area contributed by atoms with Crippen LogP contribution in [0.15, 0.2) is 30.3 Å². The van der Waals surface area contributed by atoms with E-state index in [-0.39, 0.29) is 5.91 Å². The van der Waals surface area contributed by atoms with Crippen LogP contribution >= 0.6 is 22.7 Å². The van der Waals surface area contributed by atoms with Crippen LogP contribution in [0, 0.1) is 10.8 Å². The first-order chi connectivity index (χ1) is 11.8. The number of hydrogen-bond donors (Lipinski definition) is 0. The highest BCUT2D eigenvalue weighted by atomic mass is 32.1. The molecule has 2 nitrogen and oxygen atoms in total. The van der Waals surface area contributed by atoms with Crippen molar-refractivity contribution < 1.29 is 4.79 Å². The van der Waals surface area contributed by atoms with Crippen LogP contribution in [0.4, 0.5) is 0 Å². The topological polar surface area (TPSA) is 20.3 Å². The second kappa shape index (κ2) is 5.08. The number of carbonyl (C=O) groups excluding carboxylic acids is 1. The largest absolute Gasteiger partial charge is 0.334 e. The first-order valence-electron chi connectivity index (χ1n) is 9.06. The quantitative estimate of drug-likeness (QED) is 0.503. The molecular formula is C21H23NOS2. The molecule has 2 aromatic heterocycles. The lowest BCUT2D eigenvalue weighted by atomic mass is 9.65. The molecule has 1 aromatic carbocycles. The molecule has 130 valence electrons. The van der Waals surface area contributed by atoms with E-state index in [0.717, 1.165) is 17.8 Å². The third-order valence-electron chi connectivity index (χ3n) is 5.94. The van der Waals surface area contributed by atoms with Gasteiger partial charge in [-0.3, -0.25) is 4.79 Å². The second-order valence-electron chi connectivity index (χ2n) is 9.05. The Morgan fingerprint density at radius 1 is 1.12 bits per heavy atom. The minimum Gasteiger partial charge on any atom is -0.334 e. The Bertz CT molecular complexity index is 998. The molecule has 0 N–H and O–H groups in total. The van der Waals surface area contributed by atoms with Crippen LogP contribution in [0.3, 0.4) is 0 Å². The van der Waals surface area contributed by atoms with Crippen LogP contribution in [0.1, 0.15) is 49.7 Å². The maximum absolute atomic E-state index is 13.3. The van der Waals surface area contributed by atoms with E-state index >= 15 is 0 Å². The van der Waals surface area contributed by atoms with Crippen LogP contribution in [0.2, 0.25) is 0 Å². The second-order valence-corrected chi connectivity index (χ2v) is 11.2. The van der Waals surface area contributed by atoms with Crippen molar-refractivity contribution in [2.24, 2.45) is 10.8 Å². The van der Waals surface area contributed by atoms with Gasteiger partial charge in [0.1, 0.15) is 0 Å². The molecule has 3 aromatic rings. The van der Waals surface area contributed by atoms with Crippen molar-refractivity contribution in [1.82, 2.24) is 4.90 Å². The number of benzene rings is 1. The maximum Gasteiger partial charge on any atom is 0.264 e. The molecule has 5 rings (SSSR count). The van der Waals surface area contributed by atoms with E-state index in [4.69, 9.17) is 0 Å². The standard InChI is InChI=1S/C21H23NOS2/c1-20(2)9-13-10-21(3,11-20)12-22(13)19(23)17-8-16-18(25-17)14-6-4-5-7-15(14)24-16/h4-8,13H,9-12H2,1-3H3/t13-,21+/m0/s1. The molecule has 2 bridgehead atoms. The highest BCUT2D eigenvalue weighted by molar-refractivity contribution is 7.33. The zero-order chi connectivity index (χ0) is 17.4. The highest BCUT2D eigenvalue weighted by Crippen LogP contribution is 2.53. The number of fused-ring (bicyclic) bond motifs is 5. The van der Waals surface area contributed by atoms with Gasteiger partial charge in [-0.1, -0.05) is 39.0 Å². The summed E-state index contributed by atoms with van der Waals surface area (Å²) in [6, 6.07) is 11.1. The van der Waals surface area contributed by atoms with Gasteiger partial charge in [0.25, 0.3) is 5.91 Å². The summed E-state index contributed by atoms with van der Waals surface area (Å²) in [5, 5.41) is 1.29.